The van der Waals surface area contributed by atoms with Gasteiger partial charge in [0, 0.05) is 36.2 Å². The predicted octanol–water partition coefficient (Wildman–Crippen LogP) is 2.11. The largest absolute Gasteiger partial charge is 0.399 e. The average molecular weight is 375 g/mol. The Morgan fingerprint density at radius 3 is 1.79 bits per heavy atom. The number of carbonyl (C=O) groups excluding carboxylic acids is 2. The molecule has 0 saturated heterocycles. The number of aromatic nitrogens is 1. The van der Waals surface area contributed by atoms with E-state index in [0.717, 1.165) is 11.1 Å². The van der Waals surface area contributed by atoms with Crippen LogP contribution in [0, 0.1) is 0 Å². The average Bonchev–Trinajstić information content (AvgIpc) is 2.72. The van der Waals surface area contributed by atoms with Crippen molar-refractivity contribution in [1.82, 2.24) is 15.6 Å². The van der Waals surface area contributed by atoms with Gasteiger partial charge in [-0.1, -0.05) is 24.3 Å². The van der Waals surface area contributed by atoms with Gasteiger partial charge in [0.1, 0.15) is 5.69 Å². The normalized spacial score (nSPS) is 10.3. The molecule has 2 amide bonds. The molecule has 3 aromatic rings. The van der Waals surface area contributed by atoms with Crippen LogP contribution in [0.3, 0.4) is 0 Å². The van der Waals surface area contributed by atoms with Crippen LogP contribution < -0.4 is 22.1 Å². The predicted molar refractivity (Wildman–Crippen MR) is 108 cm³/mol. The summed E-state index contributed by atoms with van der Waals surface area (Å²) in [6.45, 7) is 0.703. The van der Waals surface area contributed by atoms with Gasteiger partial charge in [0.05, 0.1) is 0 Å². The number of rotatable bonds is 6. The lowest BCUT2D eigenvalue weighted by molar-refractivity contribution is 0.0946. The number of anilines is 2. The van der Waals surface area contributed by atoms with E-state index < -0.39 is 0 Å². The first-order valence-electron chi connectivity index (χ1n) is 8.72. The van der Waals surface area contributed by atoms with Gasteiger partial charge in [-0.15, -0.1) is 0 Å². The Kier molecular flexibility index (Phi) is 5.86. The van der Waals surface area contributed by atoms with Crippen molar-refractivity contribution >= 4 is 23.2 Å². The van der Waals surface area contributed by atoms with Gasteiger partial charge in [-0.2, -0.15) is 0 Å². The highest BCUT2D eigenvalue weighted by Crippen LogP contribution is 2.08. The third-order valence-corrected chi connectivity index (χ3v) is 4.12. The molecule has 0 aliphatic carbocycles. The fourth-order valence-electron chi connectivity index (χ4n) is 2.52. The highest BCUT2D eigenvalue weighted by Gasteiger charge is 2.12. The standard InChI is InChI=1S/C21H21N5O2/c22-17-5-1-14(2-6-17)12-25-20(27)16-9-10-24-19(11-16)21(28)26-13-15-3-7-18(23)8-4-15/h1-11H,12-13,22-23H2,(H,25,27)(H,26,28). The maximum absolute atomic E-state index is 12.4. The van der Waals surface area contributed by atoms with E-state index in [1.165, 1.54) is 12.3 Å². The maximum atomic E-state index is 12.4. The summed E-state index contributed by atoms with van der Waals surface area (Å²) < 4.78 is 0. The fraction of sp³-hybridized carbons (Fsp3) is 0.0952. The molecule has 0 bridgehead atoms. The van der Waals surface area contributed by atoms with E-state index in [9.17, 15) is 9.59 Å². The lowest BCUT2D eigenvalue weighted by Crippen LogP contribution is -2.26. The second-order valence-corrected chi connectivity index (χ2v) is 6.28. The minimum atomic E-state index is -0.356. The molecule has 0 radical (unpaired) electrons. The molecule has 0 aliphatic rings. The number of carbonyl (C=O) groups is 2. The lowest BCUT2D eigenvalue weighted by atomic mass is 10.1. The minimum absolute atomic E-state index is 0.176. The van der Waals surface area contributed by atoms with Crippen molar-refractivity contribution < 1.29 is 9.59 Å². The molecule has 0 unspecified atom stereocenters. The van der Waals surface area contributed by atoms with Gasteiger partial charge in [0.15, 0.2) is 0 Å². The molecule has 1 heterocycles. The van der Waals surface area contributed by atoms with Crippen molar-refractivity contribution in [3.63, 3.8) is 0 Å². The summed E-state index contributed by atoms with van der Waals surface area (Å²) in [5.74, 6) is -0.642. The first-order valence-corrected chi connectivity index (χ1v) is 8.72. The molecule has 0 saturated carbocycles. The SMILES string of the molecule is Nc1ccc(CNC(=O)c2ccnc(C(=O)NCc3ccc(N)cc3)c2)cc1. The number of nitrogens with zero attached hydrogens (tertiary/aromatic N) is 1. The van der Waals surface area contributed by atoms with Crippen LogP contribution in [0.25, 0.3) is 0 Å². The summed E-state index contributed by atoms with van der Waals surface area (Å²) in [5.41, 5.74) is 15.0. The molecule has 7 heteroatoms. The minimum Gasteiger partial charge on any atom is -0.399 e. The number of hydrogen-bond donors (Lipinski definition) is 4. The Hall–Kier alpha value is -3.87. The first-order chi connectivity index (χ1) is 13.5. The van der Waals surface area contributed by atoms with E-state index >= 15 is 0 Å². The molecule has 0 fully saturated rings. The Balaban J connectivity index is 1.58. The summed E-state index contributed by atoms with van der Waals surface area (Å²) in [7, 11) is 0. The molecule has 0 aliphatic heterocycles. The van der Waals surface area contributed by atoms with Gasteiger partial charge in [-0.25, -0.2) is 0 Å². The van der Waals surface area contributed by atoms with Gasteiger partial charge in [-0.3, -0.25) is 14.6 Å². The summed E-state index contributed by atoms with van der Waals surface area (Å²) >= 11 is 0. The number of benzene rings is 2. The van der Waals surface area contributed by atoms with Gasteiger partial charge in [-0.05, 0) is 47.5 Å². The summed E-state index contributed by atoms with van der Waals surface area (Å²) in [5, 5.41) is 5.59. The van der Waals surface area contributed by atoms with E-state index in [4.69, 9.17) is 11.5 Å². The molecule has 142 valence electrons. The van der Waals surface area contributed by atoms with E-state index in [-0.39, 0.29) is 17.5 Å². The number of pyridine rings is 1. The molecule has 1 aromatic heterocycles. The van der Waals surface area contributed by atoms with Crippen molar-refractivity contribution in [1.29, 1.82) is 0 Å². The Labute approximate surface area is 162 Å². The van der Waals surface area contributed by atoms with Crippen molar-refractivity contribution in [3.05, 3.63) is 89.2 Å². The molecule has 28 heavy (non-hydrogen) atoms. The number of hydrogen-bond acceptors (Lipinski definition) is 5. The maximum Gasteiger partial charge on any atom is 0.270 e. The fourth-order valence-corrected chi connectivity index (χ4v) is 2.52. The van der Waals surface area contributed by atoms with Gasteiger partial charge in [0.2, 0.25) is 0 Å². The van der Waals surface area contributed by atoms with Crippen LogP contribution >= 0.6 is 0 Å². The molecule has 0 atom stereocenters. The van der Waals surface area contributed by atoms with E-state index in [1.807, 2.05) is 24.3 Å². The molecule has 6 N–H and O–H groups in total. The van der Waals surface area contributed by atoms with Crippen molar-refractivity contribution in [3.8, 4) is 0 Å². The van der Waals surface area contributed by atoms with Crippen LogP contribution in [0.2, 0.25) is 0 Å². The van der Waals surface area contributed by atoms with E-state index in [1.54, 1.807) is 30.3 Å². The van der Waals surface area contributed by atoms with Crippen LogP contribution in [0.1, 0.15) is 32.0 Å². The number of amides is 2. The third-order valence-electron chi connectivity index (χ3n) is 4.12. The smallest absolute Gasteiger partial charge is 0.270 e. The van der Waals surface area contributed by atoms with Gasteiger partial charge in [0.25, 0.3) is 11.8 Å². The third kappa shape index (κ3) is 5.07. The molecular weight excluding hydrogens is 354 g/mol. The Morgan fingerprint density at radius 2 is 1.25 bits per heavy atom. The highest BCUT2D eigenvalue weighted by atomic mass is 16.2. The molecule has 0 spiro atoms. The molecule has 7 nitrogen and oxygen atoms in total. The zero-order chi connectivity index (χ0) is 19.9. The number of nitrogen functional groups attached to an aromatic ring is 2. The zero-order valence-corrected chi connectivity index (χ0v) is 15.2. The summed E-state index contributed by atoms with van der Waals surface area (Å²) in [6.07, 6.45) is 1.44. The van der Waals surface area contributed by atoms with Crippen molar-refractivity contribution in [2.24, 2.45) is 0 Å². The van der Waals surface area contributed by atoms with Crippen LogP contribution in [-0.2, 0) is 13.1 Å². The molecule has 2 aromatic carbocycles. The van der Waals surface area contributed by atoms with E-state index in [0.29, 0.717) is 30.0 Å². The number of nitrogens with one attached hydrogen (secondary N) is 2. The van der Waals surface area contributed by atoms with Crippen molar-refractivity contribution in [2.45, 2.75) is 13.1 Å². The Bertz CT molecular complexity index is 892. The second-order valence-electron chi connectivity index (χ2n) is 6.28. The summed E-state index contributed by atoms with van der Waals surface area (Å²) in [4.78, 5) is 28.7. The lowest BCUT2D eigenvalue weighted by Gasteiger charge is -2.08. The van der Waals surface area contributed by atoms with Crippen LogP contribution in [-0.4, -0.2) is 16.8 Å². The molecule has 3 rings (SSSR count). The molecular formula is C21H21N5O2. The van der Waals surface area contributed by atoms with Crippen LogP contribution in [0.4, 0.5) is 11.4 Å². The van der Waals surface area contributed by atoms with Crippen LogP contribution in [0.5, 0.6) is 0 Å². The van der Waals surface area contributed by atoms with E-state index in [2.05, 4.69) is 15.6 Å². The van der Waals surface area contributed by atoms with Gasteiger partial charge >= 0.3 is 0 Å². The first kappa shape index (κ1) is 18.9. The topological polar surface area (TPSA) is 123 Å². The monoisotopic (exact) mass is 375 g/mol. The number of nitrogens with two attached hydrogens (primary N) is 2. The quantitative estimate of drug-likeness (QED) is 0.491. The Morgan fingerprint density at radius 1 is 0.750 bits per heavy atom. The second kappa shape index (κ2) is 8.68. The van der Waals surface area contributed by atoms with Crippen LogP contribution in [0.15, 0.2) is 66.9 Å². The van der Waals surface area contributed by atoms with Crippen molar-refractivity contribution in [2.75, 3.05) is 11.5 Å². The zero-order valence-electron chi connectivity index (χ0n) is 15.2. The highest BCUT2D eigenvalue weighted by molar-refractivity contribution is 5.98. The summed E-state index contributed by atoms with van der Waals surface area (Å²) in [6, 6.07) is 17.5. The van der Waals surface area contributed by atoms with Gasteiger partial charge < -0.3 is 22.1 Å².